The van der Waals surface area contributed by atoms with Gasteiger partial charge >= 0.3 is 0 Å². The summed E-state index contributed by atoms with van der Waals surface area (Å²) in [5.74, 6) is 0.121. The molecule has 0 unspecified atom stereocenters. The summed E-state index contributed by atoms with van der Waals surface area (Å²) in [6, 6.07) is 15.8. The van der Waals surface area contributed by atoms with E-state index in [2.05, 4.69) is 59.7 Å². The highest BCUT2D eigenvalue weighted by Crippen LogP contribution is 2.35. The molecule has 2 rings (SSSR count). The van der Waals surface area contributed by atoms with Crippen LogP contribution in [0.1, 0.15) is 68.6 Å². The van der Waals surface area contributed by atoms with Crippen LogP contribution in [0.4, 0.5) is 0 Å². The van der Waals surface area contributed by atoms with Crippen LogP contribution >= 0.6 is 0 Å². The largest absolute Gasteiger partial charge is 0.289 e. The second kappa shape index (κ2) is 5.72. The molecule has 0 aliphatic carbocycles. The van der Waals surface area contributed by atoms with Gasteiger partial charge in [-0.25, -0.2) is 0 Å². The molecule has 0 aromatic heterocycles. The normalized spacial score (nSPS) is 12.3. The molecule has 2 aromatic carbocycles. The number of hydrogen-bond donors (Lipinski definition) is 0. The predicted octanol–water partition coefficient (Wildman–Crippen LogP) is 5.51. The lowest BCUT2D eigenvalue weighted by Gasteiger charge is -2.29. The van der Waals surface area contributed by atoms with Crippen LogP contribution in [0.3, 0.4) is 0 Å². The molecule has 0 bridgehead atoms. The van der Waals surface area contributed by atoms with E-state index in [1.807, 2.05) is 30.3 Å². The summed E-state index contributed by atoms with van der Waals surface area (Å²) in [5, 5.41) is 0. The molecule has 0 heterocycles. The number of hydrogen-bond acceptors (Lipinski definition) is 1. The van der Waals surface area contributed by atoms with Gasteiger partial charge in [0.15, 0.2) is 5.78 Å². The minimum atomic E-state index is -0.0684. The average Bonchev–Trinajstić information content (AvgIpc) is 2.45. The van der Waals surface area contributed by atoms with Gasteiger partial charge < -0.3 is 0 Å². The van der Waals surface area contributed by atoms with Gasteiger partial charge in [-0.2, -0.15) is 0 Å². The van der Waals surface area contributed by atoms with Crippen molar-refractivity contribution in [1.29, 1.82) is 0 Å². The molecule has 0 fully saturated rings. The monoisotopic (exact) mass is 294 g/mol. The van der Waals surface area contributed by atoms with Crippen LogP contribution in [0, 0.1) is 0 Å². The van der Waals surface area contributed by atoms with Crippen molar-refractivity contribution < 1.29 is 4.79 Å². The fraction of sp³-hybridized carbons (Fsp3) is 0.381. The van der Waals surface area contributed by atoms with Gasteiger partial charge in [0.2, 0.25) is 0 Å². The van der Waals surface area contributed by atoms with Gasteiger partial charge in [0.25, 0.3) is 0 Å². The highest BCUT2D eigenvalue weighted by Gasteiger charge is 2.29. The highest BCUT2D eigenvalue weighted by molar-refractivity contribution is 6.11. The zero-order chi connectivity index (χ0) is 16.5. The zero-order valence-electron chi connectivity index (χ0n) is 14.5. The van der Waals surface area contributed by atoms with Crippen LogP contribution in [-0.4, -0.2) is 5.78 Å². The van der Waals surface area contributed by atoms with E-state index in [1.54, 1.807) is 0 Å². The van der Waals surface area contributed by atoms with Crippen molar-refractivity contribution in [3.05, 3.63) is 70.8 Å². The Labute approximate surface area is 134 Å². The molecule has 1 heteroatoms. The molecular weight excluding hydrogens is 268 g/mol. The minimum Gasteiger partial charge on any atom is -0.289 e. The fourth-order valence-corrected chi connectivity index (χ4v) is 2.78. The van der Waals surface area contributed by atoms with Crippen LogP contribution in [-0.2, 0) is 10.8 Å². The molecule has 0 amide bonds. The first-order valence-corrected chi connectivity index (χ1v) is 7.86. The van der Waals surface area contributed by atoms with E-state index in [0.717, 1.165) is 22.3 Å². The van der Waals surface area contributed by atoms with Crippen molar-refractivity contribution >= 4 is 5.78 Å². The Balaban J connectivity index is 2.74. The predicted molar refractivity (Wildman–Crippen MR) is 93.7 cm³/mol. The lowest BCUT2D eigenvalue weighted by atomic mass is 9.74. The molecule has 2 aromatic rings. The molecule has 0 N–H and O–H groups in total. The first-order valence-electron chi connectivity index (χ1n) is 7.86. The molecular formula is C21H26O. The Morgan fingerprint density at radius 2 is 1.14 bits per heavy atom. The third-order valence-corrected chi connectivity index (χ3v) is 3.94. The Hall–Kier alpha value is -1.89. The van der Waals surface area contributed by atoms with Crippen molar-refractivity contribution in [2.45, 2.75) is 52.4 Å². The first-order chi connectivity index (χ1) is 10.1. The molecule has 0 saturated heterocycles. The number of rotatable bonds is 2. The molecule has 1 nitrogen and oxygen atoms in total. The van der Waals surface area contributed by atoms with E-state index in [0.29, 0.717) is 0 Å². The van der Waals surface area contributed by atoms with Crippen molar-refractivity contribution in [2.24, 2.45) is 0 Å². The van der Waals surface area contributed by atoms with E-state index < -0.39 is 0 Å². The Morgan fingerprint density at radius 1 is 0.682 bits per heavy atom. The standard InChI is InChI=1S/C21H26O/c1-20(2,3)16-13-10-14-17(21(4,5)6)18(16)19(22)15-11-8-7-9-12-15/h7-14H,1-6H3. The maximum absolute atomic E-state index is 13.2. The van der Waals surface area contributed by atoms with Crippen molar-refractivity contribution in [2.75, 3.05) is 0 Å². The van der Waals surface area contributed by atoms with E-state index in [9.17, 15) is 4.79 Å². The van der Waals surface area contributed by atoms with E-state index >= 15 is 0 Å². The summed E-state index contributed by atoms with van der Waals surface area (Å²) in [6.07, 6.45) is 0. The van der Waals surface area contributed by atoms with Crippen LogP contribution in [0.5, 0.6) is 0 Å². The van der Waals surface area contributed by atoms with Gasteiger partial charge in [0, 0.05) is 11.1 Å². The summed E-state index contributed by atoms with van der Waals surface area (Å²) in [7, 11) is 0. The van der Waals surface area contributed by atoms with Crippen LogP contribution in [0.25, 0.3) is 0 Å². The average molecular weight is 294 g/mol. The number of carbonyl (C=O) groups is 1. The Bertz CT molecular complexity index is 635. The fourth-order valence-electron chi connectivity index (χ4n) is 2.78. The van der Waals surface area contributed by atoms with E-state index in [1.165, 1.54) is 0 Å². The number of ketones is 1. The Morgan fingerprint density at radius 3 is 1.55 bits per heavy atom. The van der Waals surface area contributed by atoms with Crippen LogP contribution in [0.2, 0.25) is 0 Å². The summed E-state index contributed by atoms with van der Waals surface area (Å²) in [5.41, 5.74) is 3.73. The van der Waals surface area contributed by atoms with Crippen LogP contribution in [0.15, 0.2) is 48.5 Å². The second-order valence-corrected chi connectivity index (χ2v) is 7.92. The number of benzene rings is 2. The minimum absolute atomic E-state index is 0.0684. The molecule has 0 spiro atoms. The van der Waals surface area contributed by atoms with Gasteiger partial charge in [-0.15, -0.1) is 0 Å². The third-order valence-electron chi connectivity index (χ3n) is 3.94. The smallest absolute Gasteiger partial charge is 0.193 e. The summed E-state index contributed by atoms with van der Waals surface area (Å²) in [6.45, 7) is 13.0. The maximum Gasteiger partial charge on any atom is 0.193 e. The molecule has 0 radical (unpaired) electrons. The van der Waals surface area contributed by atoms with E-state index in [4.69, 9.17) is 0 Å². The summed E-state index contributed by atoms with van der Waals surface area (Å²) < 4.78 is 0. The van der Waals surface area contributed by atoms with Gasteiger partial charge in [-0.1, -0.05) is 90.1 Å². The SMILES string of the molecule is CC(C)(C)c1cccc(C(C)(C)C)c1C(=O)c1ccccc1. The third kappa shape index (κ3) is 3.30. The molecule has 0 saturated carbocycles. The van der Waals surface area contributed by atoms with Gasteiger partial charge in [-0.3, -0.25) is 4.79 Å². The topological polar surface area (TPSA) is 17.1 Å². The summed E-state index contributed by atoms with van der Waals surface area (Å²) >= 11 is 0. The zero-order valence-corrected chi connectivity index (χ0v) is 14.5. The van der Waals surface area contributed by atoms with Gasteiger partial charge in [0.1, 0.15) is 0 Å². The second-order valence-electron chi connectivity index (χ2n) is 7.92. The molecule has 0 aliphatic heterocycles. The van der Waals surface area contributed by atoms with Crippen LogP contribution < -0.4 is 0 Å². The molecule has 0 atom stereocenters. The van der Waals surface area contributed by atoms with Crippen molar-refractivity contribution in [3.63, 3.8) is 0 Å². The van der Waals surface area contributed by atoms with Crippen molar-refractivity contribution in [1.82, 2.24) is 0 Å². The lowest BCUT2D eigenvalue weighted by molar-refractivity contribution is 0.103. The lowest BCUT2D eigenvalue weighted by Crippen LogP contribution is -2.24. The summed E-state index contributed by atoms with van der Waals surface area (Å²) in [4.78, 5) is 13.2. The molecule has 0 aliphatic rings. The van der Waals surface area contributed by atoms with Gasteiger partial charge in [0.05, 0.1) is 0 Å². The van der Waals surface area contributed by atoms with Gasteiger partial charge in [-0.05, 0) is 22.0 Å². The number of carbonyl (C=O) groups excluding carboxylic acids is 1. The maximum atomic E-state index is 13.2. The van der Waals surface area contributed by atoms with Crippen molar-refractivity contribution in [3.8, 4) is 0 Å². The molecule has 22 heavy (non-hydrogen) atoms. The highest BCUT2D eigenvalue weighted by atomic mass is 16.1. The van der Waals surface area contributed by atoms with E-state index in [-0.39, 0.29) is 16.6 Å². The quantitative estimate of drug-likeness (QED) is 0.667. The molecule has 116 valence electrons. The first kappa shape index (κ1) is 16.5. The Kier molecular flexibility index (Phi) is 4.28.